The summed E-state index contributed by atoms with van der Waals surface area (Å²) in [6.07, 6.45) is 3.67. The second-order valence-corrected chi connectivity index (χ2v) is 9.33. The van der Waals surface area contributed by atoms with Crippen molar-refractivity contribution in [1.82, 2.24) is 9.47 Å². The van der Waals surface area contributed by atoms with Gasteiger partial charge in [-0.25, -0.2) is 4.79 Å². The monoisotopic (exact) mass is 490 g/mol. The molecule has 1 atom stereocenters. The normalized spacial score (nSPS) is 18.2. The van der Waals surface area contributed by atoms with Crippen LogP contribution < -0.4 is 15.1 Å². The van der Waals surface area contributed by atoms with Gasteiger partial charge in [0.05, 0.1) is 18.6 Å². The van der Waals surface area contributed by atoms with Gasteiger partial charge in [-0.2, -0.15) is 4.39 Å². The lowest BCUT2D eigenvalue weighted by Gasteiger charge is -2.35. The predicted molar refractivity (Wildman–Crippen MR) is 125 cm³/mol. The first-order valence-corrected chi connectivity index (χ1v) is 11.3. The van der Waals surface area contributed by atoms with Crippen LogP contribution in [0.5, 0.6) is 5.75 Å². The molecule has 2 fully saturated rings. The van der Waals surface area contributed by atoms with E-state index in [-0.39, 0.29) is 41.9 Å². The Kier molecular flexibility index (Phi) is 6.50. The van der Waals surface area contributed by atoms with Gasteiger partial charge >= 0.3 is 11.7 Å². The van der Waals surface area contributed by atoms with Gasteiger partial charge in [-0.15, -0.1) is 0 Å². The van der Waals surface area contributed by atoms with Crippen LogP contribution in [0.1, 0.15) is 42.1 Å². The lowest BCUT2D eigenvalue weighted by Crippen LogP contribution is -2.42. The maximum atomic E-state index is 15.9. The Morgan fingerprint density at radius 2 is 2.00 bits per heavy atom. The summed E-state index contributed by atoms with van der Waals surface area (Å²) in [5, 5.41) is 20.9. The van der Waals surface area contributed by atoms with E-state index < -0.39 is 44.7 Å². The summed E-state index contributed by atoms with van der Waals surface area (Å²) in [7, 11) is 4.82. The molecule has 1 aliphatic heterocycles. The maximum Gasteiger partial charge on any atom is 0.341 e. The zero-order valence-corrected chi connectivity index (χ0v) is 19.7. The van der Waals surface area contributed by atoms with Crippen molar-refractivity contribution in [3.8, 4) is 5.75 Å². The van der Waals surface area contributed by atoms with Crippen LogP contribution in [0.25, 0.3) is 10.9 Å². The molecule has 1 N–H and O–H groups in total. The Balaban J connectivity index is 2.00. The Labute approximate surface area is 199 Å². The molecule has 11 nitrogen and oxygen atoms in total. The average molecular weight is 490 g/mol. The van der Waals surface area contributed by atoms with Crippen molar-refractivity contribution in [2.45, 2.75) is 31.7 Å². The number of carbonyl (C=O) groups excluding carboxylic acids is 1. The van der Waals surface area contributed by atoms with Gasteiger partial charge in [0.25, 0.3) is 0 Å². The molecule has 1 aromatic heterocycles. The quantitative estimate of drug-likeness (QED) is 0.437. The largest absolute Gasteiger partial charge is 0.492 e. The molecule has 35 heavy (non-hydrogen) atoms. The highest BCUT2D eigenvalue weighted by Gasteiger charge is 2.39. The molecule has 2 aromatic rings. The maximum absolute atomic E-state index is 15.9. The van der Waals surface area contributed by atoms with Crippen LogP contribution in [-0.4, -0.2) is 72.1 Å². The third-order valence-electron chi connectivity index (χ3n) is 6.54. The second kappa shape index (κ2) is 9.25. The average Bonchev–Trinajstić information content (AvgIpc) is 3.63. The van der Waals surface area contributed by atoms with E-state index in [4.69, 9.17) is 4.74 Å². The number of fused-ring (bicyclic) bond motifs is 1. The van der Waals surface area contributed by atoms with Gasteiger partial charge in [-0.1, -0.05) is 0 Å². The van der Waals surface area contributed by atoms with Crippen molar-refractivity contribution < 1.29 is 28.7 Å². The fourth-order valence-electron chi connectivity index (χ4n) is 4.84. The fourth-order valence-corrected chi connectivity index (χ4v) is 4.84. The number of likely N-dealkylation sites (N-methyl/N-ethyl adjacent to an activating group) is 1. The summed E-state index contributed by atoms with van der Waals surface area (Å²) in [5.74, 6) is -3.32. The number of Topliss-reactive ketones (excluding diaryl/α,β-unsaturated/α-hetero) is 1. The van der Waals surface area contributed by atoms with Gasteiger partial charge in [0.15, 0.2) is 11.5 Å². The molecule has 188 valence electrons. The van der Waals surface area contributed by atoms with E-state index in [2.05, 4.69) is 0 Å². The number of piperidine rings is 1. The number of aromatic nitrogens is 1. The Morgan fingerprint density at radius 3 is 2.54 bits per heavy atom. The van der Waals surface area contributed by atoms with Crippen molar-refractivity contribution in [3.05, 3.63) is 37.9 Å². The second-order valence-electron chi connectivity index (χ2n) is 9.33. The molecule has 2 aliphatic rings. The number of ether oxygens (including phenoxy) is 1. The molecule has 1 unspecified atom stereocenters. The van der Waals surface area contributed by atoms with Crippen LogP contribution in [0.4, 0.5) is 15.8 Å². The number of carbonyl (C=O) groups is 2. The van der Waals surface area contributed by atoms with Gasteiger partial charge in [-0.05, 0) is 39.8 Å². The van der Waals surface area contributed by atoms with E-state index in [1.54, 1.807) is 23.9 Å². The Morgan fingerprint density at radius 1 is 1.31 bits per heavy atom. The van der Waals surface area contributed by atoms with Crippen LogP contribution in [0.2, 0.25) is 0 Å². The van der Waals surface area contributed by atoms with Crippen molar-refractivity contribution in [1.29, 1.82) is 0 Å². The molecule has 1 aliphatic carbocycles. The number of methoxy groups -OCH3 is 1. The number of hydrogen-bond donors (Lipinski definition) is 1. The summed E-state index contributed by atoms with van der Waals surface area (Å²) in [5.41, 5.74) is -3.09. The molecule has 1 saturated heterocycles. The molecule has 0 amide bonds. The van der Waals surface area contributed by atoms with Crippen LogP contribution in [0, 0.1) is 21.8 Å². The number of nitro groups is 1. The third kappa shape index (κ3) is 4.33. The van der Waals surface area contributed by atoms with Crippen LogP contribution in [0.3, 0.4) is 0 Å². The summed E-state index contributed by atoms with van der Waals surface area (Å²) >= 11 is 0. The molecule has 1 saturated carbocycles. The first-order chi connectivity index (χ1) is 16.6. The summed E-state index contributed by atoms with van der Waals surface area (Å²) in [6, 6.07) is -0.196. The number of benzene rings is 1. The van der Waals surface area contributed by atoms with Gasteiger partial charge in [0.2, 0.25) is 11.2 Å². The zero-order chi connectivity index (χ0) is 25.6. The summed E-state index contributed by atoms with van der Waals surface area (Å²) < 4.78 is 23.0. The van der Waals surface area contributed by atoms with E-state index in [0.29, 0.717) is 32.2 Å². The number of rotatable bonds is 8. The number of nitro benzene ring substituents is 1. The predicted octanol–water partition coefficient (Wildman–Crippen LogP) is 2.44. The molecular formula is C23H27FN4O7. The first-order valence-electron chi connectivity index (χ1n) is 11.3. The smallest absolute Gasteiger partial charge is 0.341 e. The molecule has 4 rings (SSSR count). The molecular weight excluding hydrogens is 463 g/mol. The van der Waals surface area contributed by atoms with Crippen molar-refractivity contribution in [2.24, 2.45) is 5.92 Å². The van der Waals surface area contributed by atoms with Gasteiger partial charge < -0.3 is 24.2 Å². The first kappa shape index (κ1) is 24.6. The highest BCUT2D eigenvalue weighted by Crippen LogP contribution is 2.48. The number of aromatic carboxylic acids is 1. The Hall–Kier alpha value is -3.54. The SMILES string of the molecule is COc1c(N2CCCC(C(=O)CN(C)C)C2)c(F)c([N+](=O)[O-])c2c(=O)c(C(=O)O)cn(C3CC3)c12. The minimum atomic E-state index is -1.55. The number of halogens is 1. The molecule has 0 radical (unpaired) electrons. The Bertz CT molecular complexity index is 1290. The number of anilines is 1. The lowest BCUT2D eigenvalue weighted by molar-refractivity contribution is -0.385. The number of pyridine rings is 1. The highest BCUT2D eigenvalue weighted by atomic mass is 19.1. The van der Waals surface area contributed by atoms with Crippen molar-refractivity contribution in [3.63, 3.8) is 0 Å². The van der Waals surface area contributed by atoms with E-state index in [0.717, 1.165) is 6.20 Å². The van der Waals surface area contributed by atoms with Crippen molar-refractivity contribution >= 4 is 34.0 Å². The summed E-state index contributed by atoms with van der Waals surface area (Å²) in [4.78, 5) is 51.8. The number of carboxylic acids is 1. The van der Waals surface area contributed by atoms with Crippen LogP contribution >= 0.6 is 0 Å². The van der Waals surface area contributed by atoms with E-state index in [9.17, 15) is 29.6 Å². The molecule has 0 bridgehead atoms. The van der Waals surface area contributed by atoms with Crippen LogP contribution in [-0.2, 0) is 4.79 Å². The molecule has 2 heterocycles. The highest BCUT2D eigenvalue weighted by molar-refractivity contribution is 6.02. The standard InChI is InChI=1S/C23H27FN4O7/c1-25(2)11-15(29)12-5-4-8-26(9-12)20-17(24)18(28(33)34)16-19(22(20)35-3)27(13-6-7-13)10-14(21(16)30)23(31)32/h10,12-13H,4-9,11H2,1-3H3,(H,31,32). The van der Waals surface area contributed by atoms with E-state index >= 15 is 4.39 Å². The van der Waals surface area contributed by atoms with Gasteiger partial charge in [-0.3, -0.25) is 19.7 Å². The third-order valence-corrected chi connectivity index (χ3v) is 6.54. The number of nitrogens with zero attached hydrogens (tertiary/aromatic N) is 4. The number of ketones is 1. The van der Waals surface area contributed by atoms with Gasteiger partial charge in [0.1, 0.15) is 22.2 Å². The van der Waals surface area contributed by atoms with Crippen molar-refractivity contribution in [2.75, 3.05) is 45.7 Å². The molecule has 1 aromatic carbocycles. The van der Waals surface area contributed by atoms with E-state index in [1.807, 2.05) is 0 Å². The van der Waals surface area contributed by atoms with E-state index in [1.165, 1.54) is 11.7 Å². The minimum absolute atomic E-state index is 0.00478. The van der Waals surface area contributed by atoms with Crippen LogP contribution in [0.15, 0.2) is 11.0 Å². The number of hydrogen-bond acceptors (Lipinski definition) is 8. The fraction of sp³-hybridized carbons (Fsp3) is 0.522. The lowest BCUT2D eigenvalue weighted by atomic mass is 9.92. The number of carboxylic acid groups (broad SMARTS) is 1. The minimum Gasteiger partial charge on any atom is -0.492 e. The summed E-state index contributed by atoms with van der Waals surface area (Å²) in [6.45, 7) is 0.696. The molecule has 0 spiro atoms. The van der Waals surface area contributed by atoms with Gasteiger partial charge in [0, 0.05) is 31.2 Å². The zero-order valence-electron chi connectivity index (χ0n) is 19.7. The molecule has 12 heteroatoms. The topological polar surface area (TPSA) is 135 Å².